The lowest BCUT2D eigenvalue weighted by atomic mass is 9.87. The Kier molecular flexibility index (Phi) is 7.32. The van der Waals surface area contributed by atoms with Crippen LogP contribution in [-0.2, 0) is 16.7 Å². The number of carbonyl (C=O) groups is 1. The number of ether oxygens (including phenoxy) is 1. The van der Waals surface area contributed by atoms with Crippen LogP contribution in [0.2, 0.25) is 0 Å². The van der Waals surface area contributed by atoms with Crippen LogP contribution in [-0.4, -0.2) is 12.7 Å². The predicted molar refractivity (Wildman–Crippen MR) is 117 cm³/mol. The van der Waals surface area contributed by atoms with Crippen molar-refractivity contribution in [3.8, 4) is 0 Å². The van der Waals surface area contributed by atoms with Crippen LogP contribution < -0.4 is 10.6 Å². The minimum Gasteiger partial charge on any atom is -0.449 e. The van der Waals surface area contributed by atoms with Gasteiger partial charge in [0.2, 0.25) is 0 Å². The molecule has 0 aliphatic heterocycles. The third kappa shape index (κ3) is 6.20. The molecule has 0 fully saturated rings. The summed E-state index contributed by atoms with van der Waals surface area (Å²) in [7, 11) is 0. The highest BCUT2D eigenvalue weighted by Gasteiger charge is 2.12. The molecule has 5 heteroatoms. The molecule has 0 bridgehead atoms. The molecular formula is C21H27IN2O2. The van der Waals surface area contributed by atoms with Crippen LogP contribution in [0.5, 0.6) is 0 Å². The van der Waals surface area contributed by atoms with E-state index in [4.69, 9.17) is 4.74 Å². The summed E-state index contributed by atoms with van der Waals surface area (Å²) in [5.41, 5.74) is 4.51. The Morgan fingerprint density at radius 2 is 1.81 bits per heavy atom. The molecule has 0 spiro atoms. The Morgan fingerprint density at radius 3 is 2.38 bits per heavy atom. The van der Waals surface area contributed by atoms with E-state index in [0.717, 1.165) is 27.9 Å². The van der Waals surface area contributed by atoms with E-state index in [1.54, 1.807) is 0 Å². The van der Waals surface area contributed by atoms with Gasteiger partial charge in [-0.15, -0.1) is 0 Å². The smallest absolute Gasteiger partial charge is 0.411 e. The summed E-state index contributed by atoms with van der Waals surface area (Å²) in [6.45, 7) is 9.80. The fourth-order valence-electron chi connectivity index (χ4n) is 2.39. The number of halogens is 1. The van der Waals surface area contributed by atoms with Crippen LogP contribution in [0.15, 0.2) is 42.5 Å². The SMILES string of the molecule is CCCOC(=O)Nc1ccc(NCc2ccc(C(C)(C)C)cc2)cc1I. The van der Waals surface area contributed by atoms with E-state index in [2.05, 4.69) is 78.3 Å². The van der Waals surface area contributed by atoms with Crippen LogP contribution in [0, 0.1) is 3.57 Å². The van der Waals surface area contributed by atoms with Crippen LogP contribution >= 0.6 is 22.6 Å². The molecule has 0 saturated heterocycles. The highest BCUT2D eigenvalue weighted by Crippen LogP contribution is 2.24. The molecule has 0 radical (unpaired) electrons. The van der Waals surface area contributed by atoms with Gasteiger partial charge in [-0.25, -0.2) is 4.79 Å². The zero-order valence-corrected chi connectivity index (χ0v) is 18.0. The molecule has 2 N–H and O–H groups in total. The van der Waals surface area contributed by atoms with Gasteiger partial charge >= 0.3 is 6.09 Å². The van der Waals surface area contributed by atoms with Gasteiger partial charge in [-0.05, 0) is 63.8 Å². The Labute approximate surface area is 169 Å². The van der Waals surface area contributed by atoms with Crippen LogP contribution in [0.1, 0.15) is 45.2 Å². The molecule has 2 aromatic rings. The molecule has 0 aliphatic carbocycles. The summed E-state index contributed by atoms with van der Waals surface area (Å²) in [5.74, 6) is 0. The van der Waals surface area contributed by atoms with Crippen molar-refractivity contribution >= 4 is 40.1 Å². The van der Waals surface area contributed by atoms with Gasteiger partial charge in [0.05, 0.1) is 12.3 Å². The molecule has 140 valence electrons. The molecule has 0 aliphatic rings. The fourth-order valence-corrected chi connectivity index (χ4v) is 3.04. The normalized spacial score (nSPS) is 11.1. The predicted octanol–water partition coefficient (Wildman–Crippen LogP) is 6.16. The monoisotopic (exact) mass is 466 g/mol. The van der Waals surface area contributed by atoms with E-state index in [1.165, 1.54) is 11.1 Å². The number of anilines is 2. The number of amides is 1. The van der Waals surface area contributed by atoms with Crippen molar-refractivity contribution in [2.75, 3.05) is 17.2 Å². The van der Waals surface area contributed by atoms with Gasteiger partial charge in [0.1, 0.15) is 0 Å². The van der Waals surface area contributed by atoms with E-state index >= 15 is 0 Å². The van der Waals surface area contributed by atoms with Crippen molar-refractivity contribution in [3.63, 3.8) is 0 Å². The number of rotatable bonds is 6. The van der Waals surface area contributed by atoms with Gasteiger partial charge in [0, 0.05) is 15.8 Å². The Balaban J connectivity index is 1.94. The van der Waals surface area contributed by atoms with Gasteiger partial charge in [-0.2, -0.15) is 0 Å². The summed E-state index contributed by atoms with van der Waals surface area (Å²) in [5, 5.41) is 6.20. The Hall–Kier alpha value is -1.76. The Bertz CT molecular complexity index is 737. The first-order valence-electron chi connectivity index (χ1n) is 8.86. The van der Waals surface area contributed by atoms with Crippen molar-refractivity contribution in [2.45, 2.75) is 46.1 Å². The molecule has 0 atom stereocenters. The lowest BCUT2D eigenvalue weighted by Crippen LogP contribution is -2.15. The average molecular weight is 466 g/mol. The van der Waals surface area contributed by atoms with Crippen LogP contribution in [0.3, 0.4) is 0 Å². The lowest BCUT2D eigenvalue weighted by Gasteiger charge is -2.19. The second-order valence-corrected chi connectivity index (χ2v) is 8.42. The van der Waals surface area contributed by atoms with Crippen molar-refractivity contribution in [1.29, 1.82) is 0 Å². The molecule has 26 heavy (non-hydrogen) atoms. The summed E-state index contributed by atoms with van der Waals surface area (Å²) in [6, 6.07) is 14.6. The molecule has 0 aromatic heterocycles. The third-order valence-electron chi connectivity index (χ3n) is 3.96. The van der Waals surface area contributed by atoms with Crippen LogP contribution in [0.25, 0.3) is 0 Å². The van der Waals surface area contributed by atoms with Gasteiger partial charge in [-0.3, -0.25) is 5.32 Å². The minimum atomic E-state index is -0.413. The summed E-state index contributed by atoms with van der Waals surface area (Å²) >= 11 is 2.21. The molecule has 0 saturated carbocycles. The second-order valence-electron chi connectivity index (χ2n) is 7.26. The molecular weight excluding hydrogens is 439 g/mol. The maximum absolute atomic E-state index is 11.7. The standard InChI is InChI=1S/C21H27IN2O2/c1-5-12-26-20(25)24-19-11-10-17(13-18(19)22)23-14-15-6-8-16(9-7-15)21(2,3)4/h6-11,13,23H,5,12,14H2,1-4H3,(H,24,25). The van der Waals surface area contributed by atoms with Crippen molar-refractivity contribution < 1.29 is 9.53 Å². The maximum Gasteiger partial charge on any atom is 0.411 e. The first-order valence-corrected chi connectivity index (χ1v) is 9.94. The second kappa shape index (κ2) is 9.26. The summed E-state index contributed by atoms with van der Waals surface area (Å²) < 4.78 is 6.01. The molecule has 0 heterocycles. The highest BCUT2D eigenvalue weighted by molar-refractivity contribution is 14.1. The van der Waals surface area contributed by atoms with Crippen LogP contribution in [0.4, 0.5) is 16.2 Å². The van der Waals surface area contributed by atoms with E-state index in [9.17, 15) is 4.79 Å². The number of benzene rings is 2. The first-order chi connectivity index (χ1) is 12.3. The van der Waals surface area contributed by atoms with E-state index < -0.39 is 6.09 Å². The number of hydrogen-bond donors (Lipinski definition) is 2. The lowest BCUT2D eigenvalue weighted by molar-refractivity contribution is 0.161. The van der Waals surface area contributed by atoms with Crippen molar-refractivity contribution in [1.82, 2.24) is 0 Å². The molecule has 2 rings (SSSR count). The quantitative estimate of drug-likeness (QED) is 0.502. The van der Waals surface area contributed by atoms with Crippen molar-refractivity contribution in [3.05, 3.63) is 57.2 Å². The topological polar surface area (TPSA) is 50.4 Å². The highest BCUT2D eigenvalue weighted by atomic mass is 127. The molecule has 0 unspecified atom stereocenters. The van der Waals surface area contributed by atoms with Crippen molar-refractivity contribution in [2.24, 2.45) is 0 Å². The summed E-state index contributed by atoms with van der Waals surface area (Å²) in [4.78, 5) is 11.7. The number of nitrogens with one attached hydrogen (secondary N) is 2. The van der Waals surface area contributed by atoms with E-state index in [1.807, 2.05) is 25.1 Å². The minimum absolute atomic E-state index is 0.170. The third-order valence-corrected chi connectivity index (χ3v) is 4.85. The molecule has 2 aromatic carbocycles. The van der Waals surface area contributed by atoms with Gasteiger partial charge in [0.25, 0.3) is 0 Å². The van der Waals surface area contributed by atoms with E-state index in [-0.39, 0.29) is 5.41 Å². The number of hydrogen-bond acceptors (Lipinski definition) is 3. The number of carbonyl (C=O) groups excluding carboxylic acids is 1. The summed E-state index contributed by atoms with van der Waals surface area (Å²) in [6.07, 6.45) is 0.397. The fraction of sp³-hybridized carbons (Fsp3) is 0.381. The van der Waals surface area contributed by atoms with Gasteiger partial charge in [-0.1, -0.05) is 52.0 Å². The Morgan fingerprint density at radius 1 is 1.12 bits per heavy atom. The average Bonchev–Trinajstić information content (AvgIpc) is 2.60. The zero-order chi connectivity index (χ0) is 19.2. The van der Waals surface area contributed by atoms with E-state index in [0.29, 0.717) is 6.61 Å². The molecule has 1 amide bonds. The zero-order valence-electron chi connectivity index (χ0n) is 15.9. The molecule has 4 nitrogen and oxygen atoms in total. The first kappa shape index (κ1) is 20.6. The maximum atomic E-state index is 11.7. The largest absolute Gasteiger partial charge is 0.449 e. The van der Waals surface area contributed by atoms with Gasteiger partial charge in [0.15, 0.2) is 0 Å². The van der Waals surface area contributed by atoms with Gasteiger partial charge < -0.3 is 10.1 Å².